The maximum absolute atomic E-state index is 9.59. The van der Waals surface area contributed by atoms with Gasteiger partial charge in [-0.1, -0.05) is 0 Å². The Balaban J connectivity index is 0. The van der Waals surface area contributed by atoms with Gasteiger partial charge < -0.3 is 10.5 Å². The van der Waals surface area contributed by atoms with E-state index in [-0.39, 0.29) is 11.9 Å². The van der Waals surface area contributed by atoms with Crippen LogP contribution in [-0.4, -0.2) is 19.0 Å². The van der Waals surface area contributed by atoms with Crippen molar-refractivity contribution in [2.75, 3.05) is 7.11 Å². The highest BCUT2D eigenvalue weighted by Gasteiger charge is 1.75. The molecule has 9 heavy (non-hydrogen) atoms. The van der Waals surface area contributed by atoms with Crippen LogP contribution in [0.4, 0.5) is 0 Å². The molecule has 54 valence electrons. The van der Waals surface area contributed by atoms with Crippen molar-refractivity contribution in [3.8, 4) is 0 Å². The molecule has 0 saturated carbocycles. The standard InChI is InChI=1S/C3H6O2.C2H5NO/c1-3(4)5-2;1-2(3)4/h1-2H3;1H3,(H2,3,4). The van der Waals surface area contributed by atoms with Gasteiger partial charge in [-0.25, -0.2) is 0 Å². The first-order valence-electron chi connectivity index (χ1n) is 2.31. The van der Waals surface area contributed by atoms with Crippen LogP contribution in [0.2, 0.25) is 0 Å². The zero-order valence-electron chi connectivity index (χ0n) is 5.80. The predicted molar refractivity (Wildman–Crippen MR) is 32.6 cm³/mol. The van der Waals surface area contributed by atoms with Gasteiger partial charge in [-0.2, -0.15) is 0 Å². The van der Waals surface area contributed by atoms with Gasteiger partial charge in [0.2, 0.25) is 5.91 Å². The van der Waals surface area contributed by atoms with E-state index in [9.17, 15) is 9.59 Å². The molecule has 0 unspecified atom stereocenters. The predicted octanol–water partition coefficient (Wildman–Crippen LogP) is -0.329. The molecule has 0 aromatic rings. The molecule has 0 bridgehead atoms. The lowest BCUT2D eigenvalue weighted by Crippen LogP contribution is -2.01. The molecule has 1 amide bonds. The van der Waals surface area contributed by atoms with Gasteiger partial charge in [0.1, 0.15) is 0 Å². The smallest absolute Gasteiger partial charge is 0.302 e. The Morgan fingerprint density at radius 1 is 1.33 bits per heavy atom. The van der Waals surface area contributed by atoms with Crippen molar-refractivity contribution >= 4 is 11.9 Å². The Bertz CT molecular complexity index is 96.4. The molecule has 0 fully saturated rings. The summed E-state index contributed by atoms with van der Waals surface area (Å²) in [5.41, 5.74) is 4.47. The first-order valence-corrected chi connectivity index (χ1v) is 2.31. The fourth-order valence-electron chi connectivity index (χ4n) is 0. The zero-order chi connectivity index (χ0) is 7.86. The Kier molecular flexibility index (Phi) is 8.36. The van der Waals surface area contributed by atoms with E-state index in [0.29, 0.717) is 0 Å². The number of hydrogen-bond acceptors (Lipinski definition) is 3. The third-order valence-electron chi connectivity index (χ3n) is 0.287. The number of ether oxygens (including phenoxy) is 1. The highest BCUT2D eigenvalue weighted by molar-refractivity contribution is 5.70. The van der Waals surface area contributed by atoms with Crippen LogP contribution in [-0.2, 0) is 14.3 Å². The van der Waals surface area contributed by atoms with Crippen LogP contribution in [0.3, 0.4) is 0 Å². The highest BCUT2D eigenvalue weighted by atomic mass is 16.5. The van der Waals surface area contributed by atoms with Gasteiger partial charge in [-0.05, 0) is 0 Å². The molecule has 0 aliphatic rings. The molecule has 0 aromatic carbocycles. The van der Waals surface area contributed by atoms with E-state index in [4.69, 9.17) is 0 Å². The summed E-state index contributed by atoms with van der Waals surface area (Å²) in [5, 5.41) is 0. The Morgan fingerprint density at radius 2 is 1.44 bits per heavy atom. The Labute approximate surface area is 54.0 Å². The number of nitrogens with two attached hydrogens (primary N) is 1. The third kappa shape index (κ3) is 192. The minimum atomic E-state index is -0.333. The van der Waals surface area contributed by atoms with E-state index < -0.39 is 0 Å². The summed E-state index contributed by atoms with van der Waals surface area (Å²) in [4.78, 5) is 18.8. The van der Waals surface area contributed by atoms with Crippen LogP contribution in [0, 0.1) is 0 Å². The molecule has 0 aromatic heterocycles. The minimum absolute atomic E-state index is 0.245. The fourth-order valence-corrected chi connectivity index (χ4v) is 0. The number of carbonyl (C=O) groups excluding carboxylic acids is 2. The molecule has 0 rings (SSSR count). The number of amides is 1. The Hall–Kier alpha value is -1.06. The van der Waals surface area contributed by atoms with E-state index in [1.807, 2.05) is 0 Å². The summed E-state index contributed by atoms with van der Waals surface area (Å²) in [6.45, 7) is 2.67. The lowest BCUT2D eigenvalue weighted by Gasteiger charge is -1.80. The second kappa shape index (κ2) is 6.94. The largest absolute Gasteiger partial charge is 0.469 e. The summed E-state index contributed by atoms with van der Waals surface area (Å²) in [7, 11) is 1.35. The molecular formula is C5H11NO3. The van der Waals surface area contributed by atoms with Gasteiger partial charge in [-0.3, -0.25) is 9.59 Å². The number of esters is 1. The van der Waals surface area contributed by atoms with Gasteiger partial charge in [0.05, 0.1) is 7.11 Å². The molecule has 0 aliphatic heterocycles. The molecule has 0 spiro atoms. The van der Waals surface area contributed by atoms with Crippen molar-refractivity contribution in [3.63, 3.8) is 0 Å². The first-order chi connectivity index (χ1) is 4.00. The molecule has 4 nitrogen and oxygen atoms in total. The van der Waals surface area contributed by atoms with E-state index in [1.165, 1.54) is 21.0 Å². The summed E-state index contributed by atoms with van der Waals surface area (Å²) < 4.78 is 4.11. The van der Waals surface area contributed by atoms with Crippen LogP contribution in [0.25, 0.3) is 0 Å². The summed E-state index contributed by atoms with van der Waals surface area (Å²) >= 11 is 0. The number of primary amides is 1. The summed E-state index contributed by atoms with van der Waals surface area (Å²) in [5.74, 6) is -0.579. The van der Waals surface area contributed by atoms with Gasteiger partial charge >= 0.3 is 5.97 Å². The van der Waals surface area contributed by atoms with E-state index in [0.717, 1.165) is 0 Å². The maximum atomic E-state index is 9.59. The maximum Gasteiger partial charge on any atom is 0.302 e. The monoisotopic (exact) mass is 133 g/mol. The van der Waals surface area contributed by atoms with Crippen molar-refractivity contribution < 1.29 is 14.3 Å². The summed E-state index contributed by atoms with van der Waals surface area (Å²) in [6, 6.07) is 0. The molecule has 2 N–H and O–H groups in total. The van der Waals surface area contributed by atoms with Crippen LogP contribution in [0.5, 0.6) is 0 Å². The molecule has 0 atom stereocenters. The third-order valence-corrected chi connectivity index (χ3v) is 0.287. The lowest BCUT2D eigenvalue weighted by molar-refractivity contribution is -0.137. The quantitative estimate of drug-likeness (QED) is 0.460. The normalized spacial score (nSPS) is 6.56. The van der Waals surface area contributed by atoms with Crippen molar-refractivity contribution in [2.45, 2.75) is 13.8 Å². The highest BCUT2D eigenvalue weighted by Crippen LogP contribution is 1.60. The second-order valence-corrected chi connectivity index (χ2v) is 1.31. The van der Waals surface area contributed by atoms with E-state index in [2.05, 4.69) is 10.5 Å². The molecule has 0 aliphatic carbocycles. The number of rotatable bonds is 0. The molecule has 4 heteroatoms. The Morgan fingerprint density at radius 3 is 1.44 bits per heavy atom. The van der Waals surface area contributed by atoms with Crippen molar-refractivity contribution in [1.29, 1.82) is 0 Å². The molecule has 0 radical (unpaired) electrons. The second-order valence-electron chi connectivity index (χ2n) is 1.31. The van der Waals surface area contributed by atoms with Gasteiger partial charge in [0.15, 0.2) is 0 Å². The van der Waals surface area contributed by atoms with Crippen molar-refractivity contribution in [3.05, 3.63) is 0 Å². The first kappa shape index (κ1) is 10.8. The van der Waals surface area contributed by atoms with E-state index >= 15 is 0 Å². The van der Waals surface area contributed by atoms with Gasteiger partial charge in [0, 0.05) is 13.8 Å². The zero-order valence-corrected chi connectivity index (χ0v) is 5.80. The minimum Gasteiger partial charge on any atom is -0.469 e. The van der Waals surface area contributed by atoms with E-state index in [1.54, 1.807) is 0 Å². The molecular weight excluding hydrogens is 122 g/mol. The molecule has 0 saturated heterocycles. The average Bonchev–Trinajstić information content (AvgIpc) is 1.65. The fraction of sp³-hybridized carbons (Fsp3) is 0.600. The van der Waals surface area contributed by atoms with Gasteiger partial charge in [-0.15, -0.1) is 0 Å². The lowest BCUT2D eigenvalue weighted by atomic mass is 10.8. The number of methoxy groups -OCH3 is 1. The number of carbonyl (C=O) groups is 2. The van der Waals surface area contributed by atoms with Crippen LogP contribution in [0.1, 0.15) is 13.8 Å². The number of hydrogen-bond donors (Lipinski definition) is 1. The van der Waals surface area contributed by atoms with Crippen LogP contribution in [0.15, 0.2) is 0 Å². The average molecular weight is 133 g/mol. The molecule has 0 heterocycles. The topological polar surface area (TPSA) is 69.4 Å². The summed E-state index contributed by atoms with van der Waals surface area (Å²) in [6.07, 6.45) is 0. The van der Waals surface area contributed by atoms with Crippen LogP contribution < -0.4 is 5.73 Å². The van der Waals surface area contributed by atoms with Crippen molar-refractivity contribution in [1.82, 2.24) is 0 Å². The van der Waals surface area contributed by atoms with Gasteiger partial charge in [0.25, 0.3) is 0 Å². The van der Waals surface area contributed by atoms with Crippen molar-refractivity contribution in [2.24, 2.45) is 5.73 Å². The van der Waals surface area contributed by atoms with Crippen LogP contribution >= 0.6 is 0 Å². The SMILES string of the molecule is CC(N)=O.COC(C)=O.